The number of hydrogen-bond donors (Lipinski definition) is 3. The van der Waals surface area contributed by atoms with Gasteiger partial charge in [0.05, 0.1) is 23.6 Å². The number of hydrogen-bond acceptors (Lipinski definition) is 9. The molecule has 4 N–H and O–H groups in total. The highest BCUT2D eigenvalue weighted by Crippen LogP contribution is 2.42. The molecule has 0 spiro atoms. The summed E-state index contributed by atoms with van der Waals surface area (Å²) in [6.07, 6.45) is 4.57. The Hall–Kier alpha value is -3.45. The second-order valence-electron chi connectivity index (χ2n) is 8.60. The minimum atomic E-state index is -1.09. The minimum absolute atomic E-state index is 0.106. The van der Waals surface area contributed by atoms with Gasteiger partial charge in [-0.1, -0.05) is 6.07 Å². The molecule has 9 nitrogen and oxygen atoms in total. The number of aliphatic imine (C=N–C) groups is 2. The number of carbonyl (C=O) groups is 2. The van der Waals surface area contributed by atoms with Gasteiger partial charge in [-0.15, -0.1) is 11.3 Å². The fourth-order valence-corrected chi connectivity index (χ4v) is 5.48. The number of halogens is 3. The van der Waals surface area contributed by atoms with Crippen molar-refractivity contribution in [1.82, 2.24) is 10.3 Å². The van der Waals surface area contributed by atoms with Crippen LogP contribution in [0.2, 0.25) is 0 Å². The molecule has 0 saturated heterocycles. The number of benzene rings is 1. The molecule has 2 aliphatic rings. The van der Waals surface area contributed by atoms with E-state index < -0.39 is 29.6 Å². The third kappa shape index (κ3) is 5.83. The van der Waals surface area contributed by atoms with Crippen LogP contribution in [0.25, 0.3) is 0 Å². The molecule has 0 radical (unpaired) electrons. The van der Waals surface area contributed by atoms with E-state index >= 15 is 0 Å². The Labute approximate surface area is 229 Å². The Bertz CT molecular complexity index is 1370. The van der Waals surface area contributed by atoms with Crippen molar-refractivity contribution in [3.63, 3.8) is 0 Å². The van der Waals surface area contributed by atoms with Crippen LogP contribution >= 0.6 is 27.3 Å². The van der Waals surface area contributed by atoms with Crippen molar-refractivity contribution in [3.8, 4) is 0 Å². The summed E-state index contributed by atoms with van der Waals surface area (Å²) in [5.41, 5.74) is 8.52. The molecule has 0 fully saturated rings. The van der Waals surface area contributed by atoms with Gasteiger partial charge in [0.2, 0.25) is 0 Å². The quantitative estimate of drug-likeness (QED) is 0.231. The number of amidine groups is 1. The maximum Gasteiger partial charge on any atom is 0.338 e. The van der Waals surface area contributed by atoms with Gasteiger partial charge in [0, 0.05) is 41.6 Å². The number of allylic oxidation sites excluding steroid dienone is 3. The van der Waals surface area contributed by atoms with Crippen molar-refractivity contribution >= 4 is 51.3 Å². The van der Waals surface area contributed by atoms with E-state index in [4.69, 9.17) is 15.6 Å². The highest BCUT2D eigenvalue weighted by Gasteiger charge is 2.38. The second-order valence-corrected chi connectivity index (χ2v) is 10.3. The summed E-state index contributed by atoms with van der Waals surface area (Å²) >= 11 is 4.47. The van der Waals surface area contributed by atoms with Crippen LogP contribution in [0.4, 0.5) is 8.78 Å². The van der Waals surface area contributed by atoms with E-state index in [2.05, 4.69) is 36.2 Å². The number of thiazole rings is 1. The molecule has 13 heteroatoms. The van der Waals surface area contributed by atoms with Gasteiger partial charge in [0.1, 0.15) is 6.04 Å². The lowest BCUT2D eigenvalue weighted by Gasteiger charge is -2.33. The molecular formula is C25H24BrF2N5O4S. The molecule has 0 bridgehead atoms. The first-order valence-corrected chi connectivity index (χ1v) is 13.3. The minimum Gasteiger partial charge on any atom is -0.481 e. The van der Waals surface area contributed by atoms with Crippen LogP contribution in [0.15, 0.2) is 60.7 Å². The third-order valence-corrected chi connectivity index (χ3v) is 7.81. The molecule has 2 unspecified atom stereocenters. The van der Waals surface area contributed by atoms with Gasteiger partial charge in [0.25, 0.3) is 0 Å². The number of carbonyl (C=O) groups excluding carboxylic acids is 1. The van der Waals surface area contributed by atoms with Crippen LogP contribution in [-0.2, 0) is 14.3 Å². The molecule has 4 rings (SSSR count). The Kier molecular flexibility index (Phi) is 8.67. The van der Waals surface area contributed by atoms with Crippen LogP contribution < -0.4 is 11.1 Å². The fraction of sp³-hybridized carbons (Fsp3) is 0.320. The number of ether oxygens (including phenoxy) is 1. The molecule has 2 atom stereocenters. The van der Waals surface area contributed by atoms with Crippen molar-refractivity contribution in [1.29, 1.82) is 0 Å². The number of aliphatic carboxylic acids is 1. The zero-order valence-corrected chi connectivity index (χ0v) is 22.6. The van der Waals surface area contributed by atoms with Gasteiger partial charge in [-0.3, -0.25) is 14.8 Å². The summed E-state index contributed by atoms with van der Waals surface area (Å²) in [5, 5.41) is 14.4. The van der Waals surface area contributed by atoms with Gasteiger partial charge >= 0.3 is 11.9 Å². The Morgan fingerprint density at radius 3 is 2.87 bits per heavy atom. The van der Waals surface area contributed by atoms with Gasteiger partial charge < -0.3 is 20.9 Å². The number of nitrogens with one attached hydrogen (secondary N) is 1. The second kappa shape index (κ2) is 11.9. The molecule has 1 aliphatic heterocycles. The fourth-order valence-electron chi connectivity index (χ4n) is 4.35. The maximum absolute atomic E-state index is 14.6. The standard InChI is InChI=1S/C25H24BrF2N5O4S/c1-37-25(36)18-21(12-2-5-16(29)13(10-12)11-30-7-6-17(34)35)32-23(24-31-8-9-38-24)33-22(18)14-3-4-15(27)20(28)19(14)26/h3-4,8-9,11-12,22H,2,5-7,10,29H2,1H3,(H,32,33)(H,34,35). The summed E-state index contributed by atoms with van der Waals surface area (Å²) in [7, 11) is 1.24. The predicted octanol–water partition coefficient (Wildman–Crippen LogP) is 4.26. The third-order valence-electron chi connectivity index (χ3n) is 6.23. The largest absolute Gasteiger partial charge is 0.481 e. The van der Waals surface area contributed by atoms with Gasteiger partial charge in [-0.05, 0) is 52.4 Å². The average Bonchev–Trinajstić information content (AvgIpc) is 3.45. The molecule has 1 aromatic carbocycles. The highest BCUT2D eigenvalue weighted by molar-refractivity contribution is 9.10. The predicted molar refractivity (Wildman–Crippen MR) is 142 cm³/mol. The van der Waals surface area contributed by atoms with Crippen molar-refractivity contribution in [2.75, 3.05) is 13.7 Å². The monoisotopic (exact) mass is 607 g/mol. The van der Waals surface area contributed by atoms with Gasteiger partial charge in [0.15, 0.2) is 22.5 Å². The number of esters is 1. The van der Waals surface area contributed by atoms with Crippen molar-refractivity contribution in [2.45, 2.75) is 31.7 Å². The summed E-state index contributed by atoms with van der Waals surface area (Å²) in [4.78, 5) is 37.2. The molecule has 0 amide bonds. The Balaban J connectivity index is 1.80. The lowest BCUT2D eigenvalue weighted by molar-refractivity contribution is -0.137. The van der Waals surface area contributed by atoms with E-state index in [1.165, 1.54) is 24.5 Å². The van der Waals surface area contributed by atoms with E-state index in [-0.39, 0.29) is 34.5 Å². The molecule has 38 heavy (non-hydrogen) atoms. The number of aromatic nitrogens is 1. The van der Waals surface area contributed by atoms with E-state index in [1.54, 1.807) is 17.8 Å². The van der Waals surface area contributed by atoms with Crippen LogP contribution in [0.5, 0.6) is 0 Å². The summed E-state index contributed by atoms with van der Waals surface area (Å²) < 4.78 is 33.5. The molecule has 1 aromatic heterocycles. The van der Waals surface area contributed by atoms with Gasteiger partial charge in [-0.2, -0.15) is 0 Å². The summed E-state index contributed by atoms with van der Waals surface area (Å²) in [6, 6.07) is 1.35. The lowest BCUT2D eigenvalue weighted by atomic mass is 9.81. The molecule has 0 saturated carbocycles. The number of nitrogens with zero attached hydrogens (tertiary/aromatic N) is 3. The first-order chi connectivity index (χ1) is 18.2. The van der Waals surface area contributed by atoms with E-state index in [0.29, 0.717) is 41.5 Å². The Morgan fingerprint density at radius 2 is 2.18 bits per heavy atom. The lowest BCUT2D eigenvalue weighted by Crippen LogP contribution is -2.38. The van der Waals surface area contributed by atoms with Crippen LogP contribution in [0.3, 0.4) is 0 Å². The average molecular weight is 608 g/mol. The van der Waals surface area contributed by atoms with Crippen LogP contribution in [0, 0.1) is 17.6 Å². The zero-order chi connectivity index (χ0) is 27.4. The molecule has 200 valence electrons. The van der Waals surface area contributed by atoms with Crippen LogP contribution in [0.1, 0.15) is 42.3 Å². The molecular weight excluding hydrogens is 584 g/mol. The SMILES string of the molecule is COC(=O)C1=C(C2CCC(N)=C(C=NCCC(=O)O)C2)NC(c2nccs2)=NC1c1ccc(F)c(F)c1Br. The summed E-state index contributed by atoms with van der Waals surface area (Å²) in [5.74, 6) is -3.63. The maximum atomic E-state index is 14.6. The van der Waals surface area contributed by atoms with E-state index in [9.17, 15) is 18.4 Å². The van der Waals surface area contributed by atoms with Crippen molar-refractivity contribution in [2.24, 2.45) is 21.6 Å². The number of carboxylic acids is 1. The highest BCUT2D eigenvalue weighted by atomic mass is 79.9. The van der Waals surface area contributed by atoms with Crippen LogP contribution in [-0.4, -0.2) is 47.7 Å². The number of methoxy groups -OCH3 is 1. The normalized spacial score (nSPS) is 19.9. The smallest absolute Gasteiger partial charge is 0.338 e. The first kappa shape index (κ1) is 27.6. The van der Waals surface area contributed by atoms with E-state index in [0.717, 1.165) is 11.6 Å². The molecule has 2 aromatic rings. The van der Waals surface area contributed by atoms with Crippen molar-refractivity contribution in [3.05, 3.63) is 72.9 Å². The zero-order valence-electron chi connectivity index (χ0n) is 20.2. The first-order valence-electron chi connectivity index (χ1n) is 11.6. The topological polar surface area (TPSA) is 139 Å². The van der Waals surface area contributed by atoms with Gasteiger partial charge in [-0.25, -0.2) is 18.6 Å². The number of carboxylic acid groups (broad SMARTS) is 1. The van der Waals surface area contributed by atoms with Crippen molar-refractivity contribution < 1.29 is 28.2 Å². The number of nitrogens with two attached hydrogens (primary N) is 1. The number of rotatable bonds is 8. The van der Waals surface area contributed by atoms with E-state index in [1.807, 2.05) is 0 Å². The summed E-state index contributed by atoms with van der Waals surface area (Å²) in [6.45, 7) is 0.109. The Morgan fingerprint density at radius 1 is 1.39 bits per heavy atom. The molecule has 2 heterocycles. The molecule has 1 aliphatic carbocycles.